The standard InChI is InChI=1S/C35H42N4O5S/c1-35(2,3)45(42)39-23-27-22-28(34(41)38-17-15-37(4)16-18-38)36-33(32(27)29(39)14-19-40)26-9-7-8-24(20-26)10-11-25-12-13-30(43-5)31(21-25)44-6/h7-9,12-13,20-22,29,40H,14-19,23H2,1-6H3/t29-,45?/m1/s1. The molecule has 5 rings (SSSR count). The second-order valence-electron chi connectivity index (χ2n) is 12.4. The summed E-state index contributed by atoms with van der Waals surface area (Å²) in [5.41, 5.74) is 5.22. The predicted octanol–water partition coefficient (Wildman–Crippen LogP) is 4.25. The number of rotatable bonds is 7. The summed E-state index contributed by atoms with van der Waals surface area (Å²) in [4.78, 5) is 22.9. The number of hydrogen-bond acceptors (Lipinski definition) is 7. The molecule has 0 saturated carbocycles. The highest BCUT2D eigenvalue weighted by atomic mass is 32.2. The molecular weight excluding hydrogens is 588 g/mol. The summed E-state index contributed by atoms with van der Waals surface area (Å²) in [7, 11) is 3.90. The second kappa shape index (κ2) is 13.7. The van der Waals surface area contributed by atoms with Crippen LogP contribution in [0.25, 0.3) is 11.3 Å². The number of amides is 1. The smallest absolute Gasteiger partial charge is 0.272 e. The molecule has 45 heavy (non-hydrogen) atoms. The van der Waals surface area contributed by atoms with Gasteiger partial charge in [0, 0.05) is 61.6 Å². The SMILES string of the molecule is COc1ccc(C#Cc2cccc(-c3nc(C(=O)N4CCN(C)CC4)cc4c3[C@@H](CCO)N(S(=O)C(C)(C)C)C4)c2)cc1OC. The maximum atomic E-state index is 13.8. The maximum Gasteiger partial charge on any atom is 0.272 e. The molecule has 2 aromatic carbocycles. The molecule has 0 spiro atoms. The van der Waals surface area contributed by atoms with Gasteiger partial charge in [-0.1, -0.05) is 24.0 Å². The van der Waals surface area contributed by atoms with E-state index >= 15 is 0 Å². The van der Waals surface area contributed by atoms with Crippen molar-refractivity contribution in [2.24, 2.45) is 0 Å². The molecular formula is C35H42N4O5S. The van der Waals surface area contributed by atoms with Crippen LogP contribution in [0.5, 0.6) is 11.5 Å². The van der Waals surface area contributed by atoms with Gasteiger partial charge in [0.15, 0.2) is 11.5 Å². The maximum absolute atomic E-state index is 13.8. The van der Waals surface area contributed by atoms with Gasteiger partial charge in [0.1, 0.15) is 16.7 Å². The minimum atomic E-state index is -1.34. The molecule has 9 nitrogen and oxygen atoms in total. The Bertz CT molecular complexity index is 1650. The number of aromatic nitrogens is 1. The number of piperazine rings is 1. The summed E-state index contributed by atoms with van der Waals surface area (Å²) in [6.07, 6.45) is 0.397. The third kappa shape index (κ3) is 7.07. The van der Waals surface area contributed by atoms with Gasteiger partial charge in [-0.15, -0.1) is 0 Å². The molecule has 1 fully saturated rings. The molecule has 1 aromatic heterocycles. The first kappa shape index (κ1) is 32.6. The molecule has 2 aliphatic rings. The minimum Gasteiger partial charge on any atom is -0.493 e. The summed E-state index contributed by atoms with van der Waals surface area (Å²) in [5, 5.41) is 10.1. The number of carbonyl (C=O) groups is 1. The van der Waals surface area contributed by atoms with Crippen molar-refractivity contribution in [3.8, 4) is 34.6 Å². The molecule has 1 unspecified atom stereocenters. The highest BCUT2D eigenvalue weighted by Crippen LogP contribution is 2.44. The van der Waals surface area contributed by atoms with E-state index in [-0.39, 0.29) is 18.6 Å². The number of fused-ring (bicyclic) bond motifs is 1. The number of aliphatic hydroxyl groups excluding tert-OH is 1. The Hall–Kier alpha value is -3.75. The third-order valence-corrected chi connectivity index (χ3v) is 10.0. The first-order valence-electron chi connectivity index (χ1n) is 15.2. The van der Waals surface area contributed by atoms with E-state index in [2.05, 4.69) is 23.8 Å². The molecule has 1 N–H and O–H groups in total. The van der Waals surface area contributed by atoms with Crippen LogP contribution in [0, 0.1) is 11.8 Å². The van der Waals surface area contributed by atoms with E-state index in [0.29, 0.717) is 48.9 Å². The van der Waals surface area contributed by atoms with E-state index < -0.39 is 15.7 Å². The second-order valence-corrected chi connectivity index (χ2v) is 14.6. The Balaban J connectivity index is 1.59. The number of aliphatic hydroxyl groups is 1. The Morgan fingerprint density at radius 1 is 1.00 bits per heavy atom. The van der Waals surface area contributed by atoms with Gasteiger partial charge in [0.05, 0.1) is 30.7 Å². The van der Waals surface area contributed by atoms with Crippen LogP contribution in [0.3, 0.4) is 0 Å². The zero-order chi connectivity index (χ0) is 32.3. The summed E-state index contributed by atoms with van der Waals surface area (Å²) in [6.45, 7) is 9.07. The lowest BCUT2D eigenvalue weighted by molar-refractivity contribution is 0.0658. The monoisotopic (exact) mass is 630 g/mol. The van der Waals surface area contributed by atoms with Gasteiger partial charge in [0.2, 0.25) is 0 Å². The first-order chi connectivity index (χ1) is 21.5. The number of carbonyl (C=O) groups excluding carboxylic acids is 1. The lowest BCUT2D eigenvalue weighted by atomic mass is 9.95. The average Bonchev–Trinajstić information content (AvgIpc) is 3.40. The number of pyridine rings is 1. The molecule has 0 bridgehead atoms. The largest absolute Gasteiger partial charge is 0.493 e. The van der Waals surface area contributed by atoms with Crippen LogP contribution in [0.4, 0.5) is 0 Å². The van der Waals surface area contributed by atoms with E-state index in [1.165, 1.54) is 0 Å². The van der Waals surface area contributed by atoms with Crippen molar-refractivity contribution in [1.82, 2.24) is 19.1 Å². The van der Waals surface area contributed by atoms with E-state index in [1.54, 1.807) is 14.2 Å². The molecule has 2 atom stereocenters. The van der Waals surface area contributed by atoms with E-state index in [0.717, 1.165) is 40.9 Å². The Kier molecular flexibility index (Phi) is 9.94. The van der Waals surface area contributed by atoms with Crippen molar-refractivity contribution < 1.29 is 23.6 Å². The predicted molar refractivity (Wildman–Crippen MR) is 176 cm³/mol. The fraction of sp³-hybridized carbons (Fsp3) is 0.429. The van der Waals surface area contributed by atoms with Gasteiger partial charge in [-0.2, -0.15) is 0 Å². The first-order valence-corrected chi connectivity index (χ1v) is 16.3. The van der Waals surface area contributed by atoms with Crippen LogP contribution < -0.4 is 9.47 Å². The van der Waals surface area contributed by atoms with Crippen LogP contribution in [0.1, 0.15) is 66.0 Å². The van der Waals surface area contributed by atoms with Gasteiger partial charge < -0.3 is 24.4 Å². The van der Waals surface area contributed by atoms with Crippen molar-refractivity contribution in [3.63, 3.8) is 0 Å². The Labute approximate surface area is 268 Å². The van der Waals surface area contributed by atoms with Crippen molar-refractivity contribution in [2.75, 3.05) is 54.1 Å². The molecule has 3 heterocycles. The number of methoxy groups -OCH3 is 2. The lowest BCUT2D eigenvalue weighted by Gasteiger charge is -2.32. The normalized spacial score (nSPS) is 17.8. The summed E-state index contributed by atoms with van der Waals surface area (Å²) < 4.78 is 26.0. The van der Waals surface area contributed by atoms with Crippen molar-refractivity contribution in [3.05, 3.63) is 76.5 Å². The van der Waals surface area contributed by atoms with Gasteiger partial charge in [-0.05, 0) is 76.2 Å². The highest BCUT2D eigenvalue weighted by Gasteiger charge is 2.40. The van der Waals surface area contributed by atoms with Gasteiger partial charge in [-0.3, -0.25) is 4.79 Å². The van der Waals surface area contributed by atoms with E-state index in [9.17, 15) is 14.1 Å². The number of benzene rings is 2. The summed E-state index contributed by atoms with van der Waals surface area (Å²) >= 11 is 0. The van der Waals surface area contributed by atoms with Crippen molar-refractivity contribution >= 4 is 16.9 Å². The topological polar surface area (TPSA) is 95.4 Å². The Morgan fingerprint density at radius 2 is 1.69 bits per heavy atom. The average molecular weight is 631 g/mol. The molecule has 0 radical (unpaired) electrons. The van der Waals surface area contributed by atoms with Crippen LogP contribution in [0.15, 0.2) is 48.5 Å². The quantitative estimate of drug-likeness (QED) is 0.390. The van der Waals surface area contributed by atoms with E-state index in [1.807, 2.05) is 78.5 Å². The van der Waals surface area contributed by atoms with Gasteiger partial charge in [-0.25, -0.2) is 13.5 Å². The lowest BCUT2D eigenvalue weighted by Crippen LogP contribution is -2.47. The highest BCUT2D eigenvalue weighted by molar-refractivity contribution is 7.84. The summed E-state index contributed by atoms with van der Waals surface area (Å²) in [6, 6.07) is 14.9. The van der Waals surface area contributed by atoms with Crippen molar-refractivity contribution in [2.45, 2.75) is 44.5 Å². The Morgan fingerprint density at radius 3 is 2.33 bits per heavy atom. The van der Waals surface area contributed by atoms with Gasteiger partial charge in [0.25, 0.3) is 5.91 Å². The van der Waals surface area contributed by atoms with Crippen molar-refractivity contribution in [1.29, 1.82) is 0 Å². The molecule has 10 heteroatoms. The fourth-order valence-electron chi connectivity index (χ4n) is 5.77. The molecule has 0 aliphatic carbocycles. The van der Waals surface area contributed by atoms with Crippen LogP contribution >= 0.6 is 0 Å². The van der Waals surface area contributed by atoms with Crippen LogP contribution in [0.2, 0.25) is 0 Å². The van der Waals surface area contributed by atoms with Gasteiger partial charge >= 0.3 is 0 Å². The van der Waals surface area contributed by atoms with Crippen LogP contribution in [-0.2, 0) is 17.5 Å². The summed E-state index contributed by atoms with van der Waals surface area (Å²) in [5.74, 6) is 7.59. The number of likely N-dealkylation sites (N-methyl/N-ethyl adjacent to an activating group) is 1. The minimum absolute atomic E-state index is 0.0692. The number of nitrogens with zero attached hydrogens (tertiary/aromatic N) is 4. The van der Waals surface area contributed by atoms with Crippen LogP contribution in [-0.4, -0.2) is 93.1 Å². The zero-order valence-electron chi connectivity index (χ0n) is 26.9. The van der Waals surface area contributed by atoms with E-state index in [4.69, 9.17) is 14.5 Å². The molecule has 2 aliphatic heterocycles. The third-order valence-electron chi connectivity index (χ3n) is 8.17. The molecule has 1 amide bonds. The molecule has 238 valence electrons. The molecule has 3 aromatic rings. The zero-order valence-corrected chi connectivity index (χ0v) is 27.7. The molecule has 1 saturated heterocycles. The fourth-order valence-corrected chi connectivity index (χ4v) is 7.17. The number of hydrogen-bond donors (Lipinski definition) is 1. The number of ether oxygens (including phenoxy) is 2.